The van der Waals surface area contributed by atoms with Gasteiger partial charge in [-0.3, -0.25) is 4.79 Å². The minimum absolute atomic E-state index is 0.0999. The van der Waals surface area contributed by atoms with Crippen molar-refractivity contribution < 1.29 is 27.9 Å². The summed E-state index contributed by atoms with van der Waals surface area (Å²) in [4.78, 5) is 22.9. The lowest BCUT2D eigenvalue weighted by Crippen LogP contribution is -2.51. The number of aliphatic carboxylic acids is 1. The minimum atomic E-state index is -4.53. The zero-order valence-corrected chi connectivity index (χ0v) is 12.1. The number of thioether (sulfide) groups is 1. The van der Waals surface area contributed by atoms with Crippen LogP contribution in [-0.2, 0) is 4.79 Å². The van der Waals surface area contributed by atoms with Crippen molar-refractivity contribution in [2.24, 2.45) is 0 Å². The maximum absolute atomic E-state index is 12.5. The summed E-state index contributed by atoms with van der Waals surface area (Å²) in [7, 11) is 0. The van der Waals surface area contributed by atoms with Gasteiger partial charge in [0.2, 0.25) is 0 Å². The van der Waals surface area contributed by atoms with E-state index in [1.165, 1.54) is 25.1 Å². The third-order valence-electron chi connectivity index (χ3n) is 2.93. The van der Waals surface area contributed by atoms with Crippen LogP contribution in [0.4, 0.5) is 13.2 Å². The number of hydrogen-bond donors (Lipinski definition) is 2. The zero-order valence-electron chi connectivity index (χ0n) is 11.3. The number of carbonyl (C=O) groups is 2. The predicted octanol–water partition coefficient (Wildman–Crippen LogP) is 3.28. The van der Waals surface area contributed by atoms with E-state index in [9.17, 15) is 22.8 Å². The molecule has 116 valence electrons. The molecule has 0 saturated heterocycles. The van der Waals surface area contributed by atoms with E-state index >= 15 is 0 Å². The Labute approximate surface area is 123 Å². The van der Waals surface area contributed by atoms with Crippen LogP contribution in [0.5, 0.6) is 0 Å². The van der Waals surface area contributed by atoms with E-state index in [1.54, 1.807) is 6.92 Å². The number of rotatable bonds is 5. The van der Waals surface area contributed by atoms with Gasteiger partial charge in [-0.15, -0.1) is 0 Å². The van der Waals surface area contributed by atoms with E-state index < -0.39 is 34.7 Å². The number of alkyl halides is 3. The van der Waals surface area contributed by atoms with E-state index in [0.717, 1.165) is 6.07 Å². The molecule has 0 bridgehead atoms. The first-order valence-electron chi connectivity index (χ1n) is 6.00. The Morgan fingerprint density at radius 2 is 1.86 bits per heavy atom. The van der Waals surface area contributed by atoms with Crippen LogP contribution < -0.4 is 5.32 Å². The van der Waals surface area contributed by atoms with Gasteiger partial charge < -0.3 is 10.4 Å². The molecule has 0 fully saturated rings. The van der Waals surface area contributed by atoms with Crippen molar-refractivity contribution in [2.75, 3.05) is 0 Å². The summed E-state index contributed by atoms with van der Waals surface area (Å²) in [5.74, 6) is -2.10. The summed E-state index contributed by atoms with van der Waals surface area (Å²) in [6.45, 7) is 2.86. The van der Waals surface area contributed by atoms with Crippen molar-refractivity contribution in [3.05, 3.63) is 29.8 Å². The first-order valence-corrected chi connectivity index (χ1v) is 6.81. The highest BCUT2D eigenvalue weighted by Gasteiger charge is 2.35. The van der Waals surface area contributed by atoms with Crippen LogP contribution in [0.15, 0.2) is 29.2 Å². The topological polar surface area (TPSA) is 66.4 Å². The van der Waals surface area contributed by atoms with Gasteiger partial charge in [0.25, 0.3) is 5.91 Å². The van der Waals surface area contributed by atoms with Crippen molar-refractivity contribution in [1.29, 1.82) is 0 Å². The summed E-state index contributed by atoms with van der Waals surface area (Å²) in [6.07, 6.45) is 0.0999. The molecule has 0 radical (unpaired) electrons. The smallest absolute Gasteiger partial charge is 0.446 e. The van der Waals surface area contributed by atoms with Crippen molar-refractivity contribution in [3.63, 3.8) is 0 Å². The SMILES string of the molecule is CCC(C)(NC(=O)c1ccccc1SC(F)(F)F)C(=O)O. The molecule has 1 atom stereocenters. The summed E-state index contributed by atoms with van der Waals surface area (Å²) < 4.78 is 37.4. The maximum atomic E-state index is 12.5. The fourth-order valence-corrected chi connectivity index (χ4v) is 2.15. The largest absolute Gasteiger partial charge is 0.480 e. The van der Waals surface area contributed by atoms with Gasteiger partial charge in [-0.05, 0) is 37.2 Å². The summed E-state index contributed by atoms with van der Waals surface area (Å²) in [6, 6.07) is 5.18. The average molecular weight is 321 g/mol. The molecule has 0 saturated carbocycles. The van der Waals surface area contributed by atoms with Crippen LogP contribution in [-0.4, -0.2) is 28.0 Å². The molecular formula is C13H14F3NO3S. The third-order valence-corrected chi connectivity index (χ3v) is 3.73. The molecule has 0 heterocycles. The third kappa shape index (κ3) is 4.66. The highest BCUT2D eigenvalue weighted by Crippen LogP contribution is 2.38. The summed E-state index contributed by atoms with van der Waals surface area (Å²) in [5.41, 5.74) is -6.27. The Morgan fingerprint density at radius 1 is 1.29 bits per heavy atom. The number of halogens is 3. The molecule has 0 aliphatic heterocycles. The second-order valence-corrected chi connectivity index (χ2v) is 5.60. The van der Waals surface area contributed by atoms with Crippen molar-refractivity contribution in [2.45, 2.75) is 36.2 Å². The molecular weight excluding hydrogens is 307 g/mol. The molecule has 21 heavy (non-hydrogen) atoms. The maximum Gasteiger partial charge on any atom is 0.446 e. The van der Waals surface area contributed by atoms with Gasteiger partial charge in [-0.1, -0.05) is 19.1 Å². The summed E-state index contributed by atoms with van der Waals surface area (Å²) >= 11 is -0.411. The Balaban J connectivity index is 3.06. The van der Waals surface area contributed by atoms with Crippen LogP contribution in [0.3, 0.4) is 0 Å². The molecule has 0 aromatic heterocycles. The molecule has 0 aliphatic rings. The molecule has 2 N–H and O–H groups in total. The Morgan fingerprint density at radius 3 is 2.33 bits per heavy atom. The number of nitrogens with one attached hydrogen (secondary N) is 1. The molecule has 1 rings (SSSR count). The lowest BCUT2D eigenvalue weighted by molar-refractivity contribution is -0.143. The normalized spacial score (nSPS) is 14.3. The highest BCUT2D eigenvalue weighted by molar-refractivity contribution is 8.00. The van der Waals surface area contributed by atoms with E-state index in [1.807, 2.05) is 0 Å². The highest BCUT2D eigenvalue weighted by atomic mass is 32.2. The predicted molar refractivity (Wildman–Crippen MR) is 72.2 cm³/mol. The molecule has 1 amide bonds. The van der Waals surface area contributed by atoms with E-state index in [2.05, 4.69) is 5.32 Å². The van der Waals surface area contributed by atoms with Crippen molar-refractivity contribution in [3.8, 4) is 0 Å². The van der Waals surface area contributed by atoms with Crippen LogP contribution in [0.25, 0.3) is 0 Å². The first-order chi connectivity index (χ1) is 9.59. The van der Waals surface area contributed by atoms with Gasteiger partial charge in [0.15, 0.2) is 0 Å². The van der Waals surface area contributed by atoms with Gasteiger partial charge >= 0.3 is 11.5 Å². The number of amides is 1. The van der Waals surface area contributed by atoms with Crippen LogP contribution in [0.1, 0.15) is 30.6 Å². The second kappa shape index (κ2) is 6.38. The van der Waals surface area contributed by atoms with Crippen molar-refractivity contribution >= 4 is 23.6 Å². The molecule has 0 aliphatic carbocycles. The molecule has 1 aromatic rings. The second-order valence-electron chi connectivity index (χ2n) is 4.49. The molecule has 0 spiro atoms. The monoisotopic (exact) mass is 321 g/mol. The summed E-state index contributed by atoms with van der Waals surface area (Å²) in [5, 5.41) is 11.3. The van der Waals surface area contributed by atoms with Gasteiger partial charge in [-0.2, -0.15) is 13.2 Å². The minimum Gasteiger partial charge on any atom is -0.480 e. The fraction of sp³-hybridized carbons (Fsp3) is 0.385. The standard InChI is InChI=1S/C13H14F3NO3S/c1-3-12(2,11(19)20)17-10(18)8-6-4-5-7-9(8)21-13(14,15)16/h4-7H,3H2,1-2H3,(H,17,18)(H,19,20). The van der Waals surface area contributed by atoms with Gasteiger partial charge in [0, 0.05) is 4.90 Å². The van der Waals surface area contributed by atoms with Crippen LogP contribution in [0.2, 0.25) is 0 Å². The lowest BCUT2D eigenvalue weighted by Gasteiger charge is -2.25. The first kappa shape index (κ1) is 17.4. The molecule has 1 aromatic carbocycles. The Hall–Kier alpha value is -1.70. The number of carboxylic acid groups (broad SMARTS) is 1. The lowest BCUT2D eigenvalue weighted by atomic mass is 9.98. The number of hydrogen-bond acceptors (Lipinski definition) is 3. The van der Waals surface area contributed by atoms with Crippen molar-refractivity contribution in [1.82, 2.24) is 5.32 Å². The zero-order chi connectivity index (χ0) is 16.3. The Bertz CT molecular complexity index is 548. The molecule has 1 unspecified atom stereocenters. The van der Waals surface area contributed by atoms with E-state index in [0.29, 0.717) is 0 Å². The van der Waals surface area contributed by atoms with Gasteiger partial charge in [0.1, 0.15) is 5.54 Å². The van der Waals surface area contributed by atoms with Gasteiger partial charge in [-0.25, -0.2) is 4.79 Å². The van der Waals surface area contributed by atoms with Crippen LogP contribution in [0, 0.1) is 0 Å². The van der Waals surface area contributed by atoms with Crippen LogP contribution >= 0.6 is 11.8 Å². The number of carboxylic acids is 1. The quantitative estimate of drug-likeness (QED) is 0.817. The van der Waals surface area contributed by atoms with E-state index in [4.69, 9.17) is 5.11 Å². The van der Waals surface area contributed by atoms with E-state index in [-0.39, 0.29) is 16.9 Å². The number of benzene rings is 1. The molecule has 4 nitrogen and oxygen atoms in total. The fourth-order valence-electron chi connectivity index (χ4n) is 1.48. The Kier molecular flexibility index (Phi) is 5.27. The average Bonchev–Trinajstić information content (AvgIpc) is 2.36. The number of carbonyl (C=O) groups excluding carboxylic acids is 1. The van der Waals surface area contributed by atoms with Gasteiger partial charge in [0.05, 0.1) is 5.56 Å². The molecule has 8 heteroatoms.